The first-order chi connectivity index (χ1) is 13.6. The van der Waals surface area contributed by atoms with Crippen molar-refractivity contribution in [1.82, 2.24) is 0 Å². The average molecular weight is 391 g/mol. The first-order valence-electron chi connectivity index (χ1n) is 9.38. The lowest BCUT2D eigenvalue weighted by Gasteiger charge is -2.29. The number of para-hydroxylation sites is 1. The Morgan fingerprint density at radius 2 is 1.64 bits per heavy atom. The normalized spacial score (nSPS) is 20.8. The number of hydrogen-bond donors (Lipinski definition) is 3. The predicted octanol–water partition coefficient (Wildman–Crippen LogP) is -0.384. The van der Waals surface area contributed by atoms with Crippen LogP contribution in [0.4, 0.5) is 14.5 Å². The number of carbonyl (C=O) groups excluding carboxylic acids is 1. The highest BCUT2D eigenvalue weighted by molar-refractivity contribution is 5.91. The van der Waals surface area contributed by atoms with Crippen LogP contribution in [0.15, 0.2) is 36.4 Å². The second-order valence-electron chi connectivity index (χ2n) is 7.19. The van der Waals surface area contributed by atoms with E-state index in [1.165, 1.54) is 16.5 Å². The van der Waals surface area contributed by atoms with E-state index in [-0.39, 0.29) is 24.9 Å². The smallest absolute Gasteiger partial charge is 0.279 e. The van der Waals surface area contributed by atoms with Crippen molar-refractivity contribution >= 4 is 11.6 Å². The highest BCUT2D eigenvalue weighted by atomic mass is 19.1. The predicted molar refractivity (Wildman–Crippen MR) is 97.5 cm³/mol. The summed E-state index contributed by atoms with van der Waals surface area (Å²) in [5.41, 5.74) is 0.814. The molecule has 0 radical (unpaired) electrons. The van der Waals surface area contributed by atoms with E-state index in [1.807, 2.05) is 12.1 Å². The quantitative estimate of drug-likeness (QED) is 0.651. The summed E-state index contributed by atoms with van der Waals surface area (Å²) in [4.78, 5) is 14.7. The maximum atomic E-state index is 13.6. The number of nitrogens with one attached hydrogen (secondary N) is 3. The van der Waals surface area contributed by atoms with Gasteiger partial charge in [0.25, 0.3) is 5.91 Å². The van der Waals surface area contributed by atoms with Gasteiger partial charge in [-0.25, -0.2) is 8.78 Å². The number of anilines is 1. The molecular formula is C20H23F2N3O3+2. The number of halogens is 2. The summed E-state index contributed by atoms with van der Waals surface area (Å²) >= 11 is 0. The summed E-state index contributed by atoms with van der Waals surface area (Å²) < 4.78 is 38.1. The fraction of sp³-hybridized carbons (Fsp3) is 0.350. The minimum atomic E-state index is -0.763. The lowest BCUT2D eigenvalue weighted by Crippen LogP contribution is -3.28. The van der Waals surface area contributed by atoms with Crippen LogP contribution < -0.4 is 24.6 Å². The van der Waals surface area contributed by atoms with E-state index in [1.54, 1.807) is 0 Å². The zero-order valence-electron chi connectivity index (χ0n) is 15.4. The lowest BCUT2D eigenvalue weighted by atomic mass is 10.1. The molecule has 1 fully saturated rings. The van der Waals surface area contributed by atoms with Gasteiger partial charge in [0, 0.05) is 5.56 Å². The molecule has 0 aromatic heterocycles. The zero-order valence-corrected chi connectivity index (χ0v) is 15.4. The first-order valence-corrected chi connectivity index (χ1v) is 9.38. The molecule has 2 aromatic rings. The van der Waals surface area contributed by atoms with Gasteiger partial charge >= 0.3 is 0 Å². The molecule has 0 atom stereocenters. The second kappa shape index (κ2) is 8.12. The number of benzene rings is 2. The van der Waals surface area contributed by atoms with Crippen LogP contribution in [-0.4, -0.2) is 45.4 Å². The average Bonchev–Trinajstić information content (AvgIpc) is 3.14. The minimum absolute atomic E-state index is 0.199. The Morgan fingerprint density at radius 3 is 2.39 bits per heavy atom. The third kappa shape index (κ3) is 4.23. The van der Waals surface area contributed by atoms with Gasteiger partial charge in [-0.3, -0.25) is 4.79 Å². The Balaban J connectivity index is 1.25. The number of carbonyl (C=O) groups is 1. The van der Waals surface area contributed by atoms with Gasteiger partial charge in [-0.05, 0) is 30.3 Å². The van der Waals surface area contributed by atoms with Gasteiger partial charge in [-0.15, -0.1) is 0 Å². The standard InChI is InChI=1S/C20H21F2N3O3/c21-15-2-1-3-16(22)20(15)23-19(26)12-25-8-6-24(7-9-25)11-14-4-5-17-18(10-14)28-13-27-17/h1-5,10H,6-9,11-13H2,(H,23,26)/p+2. The number of quaternary nitrogens is 2. The van der Waals surface area contributed by atoms with Crippen molar-refractivity contribution in [3.05, 3.63) is 53.6 Å². The molecule has 4 rings (SSSR count). The maximum absolute atomic E-state index is 13.6. The molecule has 6 nitrogen and oxygen atoms in total. The third-order valence-corrected chi connectivity index (χ3v) is 5.19. The highest BCUT2D eigenvalue weighted by Crippen LogP contribution is 2.32. The van der Waals surface area contributed by atoms with Crippen LogP contribution in [0, 0.1) is 11.6 Å². The van der Waals surface area contributed by atoms with E-state index in [0.717, 1.165) is 61.3 Å². The Labute approximate surface area is 161 Å². The fourth-order valence-corrected chi connectivity index (χ4v) is 3.68. The zero-order chi connectivity index (χ0) is 19.5. The molecule has 148 valence electrons. The van der Waals surface area contributed by atoms with Crippen molar-refractivity contribution < 1.29 is 32.8 Å². The van der Waals surface area contributed by atoms with Gasteiger partial charge in [0.1, 0.15) is 50.0 Å². The number of ether oxygens (including phenoxy) is 2. The van der Waals surface area contributed by atoms with Gasteiger partial charge in [-0.1, -0.05) is 6.07 Å². The van der Waals surface area contributed by atoms with E-state index in [9.17, 15) is 13.6 Å². The van der Waals surface area contributed by atoms with Crippen molar-refractivity contribution in [2.24, 2.45) is 0 Å². The Kier molecular flexibility index (Phi) is 5.40. The summed E-state index contributed by atoms with van der Waals surface area (Å²) in [5, 5.41) is 2.36. The van der Waals surface area contributed by atoms with E-state index in [2.05, 4.69) is 11.4 Å². The molecule has 28 heavy (non-hydrogen) atoms. The number of amides is 1. The van der Waals surface area contributed by atoms with E-state index < -0.39 is 11.6 Å². The van der Waals surface area contributed by atoms with E-state index in [4.69, 9.17) is 9.47 Å². The molecule has 8 heteroatoms. The number of piperazine rings is 1. The van der Waals surface area contributed by atoms with E-state index in [0.29, 0.717) is 0 Å². The molecule has 2 heterocycles. The number of hydrogen-bond acceptors (Lipinski definition) is 3. The SMILES string of the molecule is O=C(C[NH+]1CC[NH+](Cc2ccc3c(c2)OCO3)CC1)Nc1c(F)cccc1F. The Hall–Kier alpha value is -2.71. The lowest BCUT2D eigenvalue weighted by molar-refractivity contribution is -1.02. The summed E-state index contributed by atoms with van der Waals surface area (Å²) in [6.45, 7) is 4.85. The summed E-state index contributed by atoms with van der Waals surface area (Å²) in [6.07, 6.45) is 0. The number of rotatable bonds is 5. The van der Waals surface area contributed by atoms with Crippen LogP contribution in [0.5, 0.6) is 11.5 Å². The van der Waals surface area contributed by atoms with Crippen LogP contribution in [0.3, 0.4) is 0 Å². The second-order valence-corrected chi connectivity index (χ2v) is 7.19. The summed E-state index contributed by atoms with van der Waals surface area (Å²) in [6, 6.07) is 9.53. The summed E-state index contributed by atoms with van der Waals surface area (Å²) in [5.74, 6) is -0.329. The molecule has 2 aromatic carbocycles. The van der Waals surface area contributed by atoms with Gasteiger partial charge in [0.15, 0.2) is 18.0 Å². The van der Waals surface area contributed by atoms with Gasteiger partial charge < -0.3 is 24.6 Å². The molecule has 0 saturated carbocycles. The molecular weight excluding hydrogens is 368 g/mol. The van der Waals surface area contributed by atoms with Crippen LogP contribution in [0.25, 0.3) is 0 Å². The van der Waals surface area contributed by atoms with Crippen LogP contribution in [0.2, 0.25) is 0 Å². The van der Waals surface area contributed by atoms with Crippen molar-refractivity contribution in [2.45, 2.75) is 6.54 Å². The Morgan fingerprint density at radius 1 is 0.964 bits per heavy atom. The first kappa shape index (κ1) is 18.6. The highest BCUT2D eigenvalue weighted by Gasteiger charge is 2.26. The molecule has 2 aliphatic heterocycles. The van der Waals surface area contributed by atoms with E-state index >= 15 is 0 Å². The van der Waals surface area contributed by atoms with Crippen LogP contribution in [0.1, 0.15) is 5.56 Å². The molecule has 0 aliphatic carbocycles. The van der Waals surface area contributed by atoms with Crippen molar-refractivity contribution in [3.63, 3.8) is 0 Å². The van der Waals surface area contributed by atoms with Gasteiger partial charge in [-0.2, -0.15) is 0 Å². The van der Waals surface area contributed by atoms with Gasteiger partial charge in [0.2, 0.25) is 6.79 Å². The third-order valence-electron chi connectivity index (χ3n) is 5.19. The van der Waals surface area contributed by atoms with Crippen molar-refractivity contribution in [1.29, 1.82) is 0 Å². The van der Waals surface area contributed by atoms with Gasteiger partial charge in [0.05, 0.1) is 0 Å². The molecule has 0 spiro atoms. The molecule has 1 saturated heterocycles. The Bertz CT molecular complexity index is 850. The van der Waals surface area contributed by atoms with Crippen LogP contribution >= 0.6 is 0 Å². The van der Waals surface area contributed by atoms with Crippen molar-refractivity contribution in [3.8, 4) is 11.5 Å². The summed E-state index contributed by atoms with van der Waals surface area (Å²) in [7, 11) is 0. The fourth-order valence-electron chi connectivity index (χ4n) is 3.68. The number of fused-ring (bicyclic) bond motifs is 1. The van der Waals surface area contributed by atoms with Crippen molar-refractivity contribution in [2.75, 3.05) is 44.8 Å². The molecule has 1 amide bonds. The molecule has 3 N–H and O–H groups in total. The monoisotopic (exact) mass is 391 g/mol. The van der Waals surface area contributed by atoms with Crippen LogP contribution in [-0.2, 0) is 11.3 Å². The minimum Gasteiger partial charge on any atom is -0.454 e. The maximum Gasteiger partial charge on any atom is 0.279 e. The molecule has 2 aliphatic rings. The topological polar surface area (TPSA) is 56.4 Å². The largest absolute Gasteiger partial charge is 0.454 e. The molecule has 0 bridgehead atoms. The molecule has 0 unspecified atom stereocenters.